The zero-order valence-corrected chi connectivity index (χ0v) is 21.5. The van der Waals surface area contributed by atoms with E-state index in [1.807, 2.05) is 0 Å². The van der Waals surface area contributed by atoms with Crippen molar-refractivity contribution in [2.45, 2.75) is 44.6 Å². The Bertz CT molecular complexity index is 1040. The molecule has 0 saturated carbocycles. The van der Waals surface area contributed by atoms with Crippen LogP contribution in [-0.2, 0) is 9.59 Å². The van der Waals surface area contributed by atoms with Crippen LogP contribution in [0.5, 0.6) is 0 Å². The van der Waals surface area contributed by atoms with Crippen molar-refractivity contribution in [2.75, 3.05) is 33.2 Å². The van der Waals surface area contributed by atoms with Gasteiger partial charge in [0.05, 0.1) is 0 Å². The van der Waals surface area contributed by atoms with Crippen LogP contribution >= 0.6 is 24.0 Å². The van der Waals surface area contributed by atoms with E-state index in [9.17, 15) is 14.4 Å². The highest BCUT2D eigenvalue weighted by atomic mass is 35.5. The van der Waals surface area contributed by atoms with Gasteiger partial charge in [-0.3, -0.25) is 14.4 Å². The first-order chi connectivity index (χ1) is 16.3. The largest absolute Gasteiger partial charge is 0.481 e. The van der Waals surface area contributed by atoms with Crippen molar-refractivity contribution in [1.82, 2.24) is 20.1 Å². The molecule has 0 unspecified atom stereocenters. The summed E-state index contributed by atoms with van der Waals surface area (Å²) in [5, 5.41) is 13.3. The number of benzene rings is 1. The summed E-state index contributed by atoms with van der Waals surface area (Å²) in [6.07, 6.45) is 4.21. The number of hydrogen-bond acceptors (Lipinski definition) is 4. The van der Waals surface area contributed by atoms with Gasteiger partial charge in [-0.1, -0.05) is 11.6 Å². The Morgan fingerprint density at radius 1 is 1.09 bits per heavy atom. The van der Waals surface area contributed by atoms with Crippen molar-refractivity contribution in [3.63, 3.8) is 0 Å². The van der Waals surface area contributed by atoms with Gasteiger partial charge in [0, 0.05) is 35.4 Å². The quantitative estimate of drug-likeness (QED) is 0.510. The van der Waals surface area contributed by atoms with E-state index in [1.54, 1.807) is 29.2 Å². The summed E-state index contributed by atoms with van der Waals surface area (Å²) in [7, 11) is 2.16. The molecule has 1 aromatic carbocycles. The first-order valence-electron chi connectivity index (χ1n) is 12.1. The maximum Gasteiger partial charge on any atom is 0.303 e. The van der Waals surface area contributed by atoms with Gasteiger partial charge in [0.2, 0.25) is 5.91 Å². The standard InChI is InChI=1S/C25H33ClN4O4.ClH/c1-29-10-6-16(7-11-29)17-8-12-30(13-9-17)25(34)21(4-5-23(31)32)28-24(33)22-15-18-14-19(26)2-3-20(18)27-22;/h2-3,14-17,21,27H,4-13H2,1H3,(H,28,33)(H,31,32);1H/t21-;/m1./s1. The maximum absolute atomic E-state index is 13.3. The highest BCUT2D eigenvalue weighted by molar-refractivity contribution is 6.31. The van der Waals surface area contributed by atoms with Gasteiger partial charge in [0.1, 0.15) is 11.7 Å². The summed E-state index contributed by atoms with van der Waals surface area (Å²) in [5.41, 5.74) is 1.07. The molecular weight excluding hydrogens is 491 g/mol. The molecule has 2 amide bonds. The van der Waals surface area contributed by atoms with Crippen LogP contribution in [0.1, 0.15) is 49.0 Å². The van der Waals surface area contributed by atoms with Crippen LogP contribution in [0.25, 0.3) is 10.9 Å². The molecule has 0 spiro atoms. The molecule has 3 N–H and O–H groups in total. The van der Waals surface area contributed by atoms with Crippen molar-refractivity contribution in [3.8, 4) is 0 Å². The number of carbonyl (C=O) groups excluding carboxylic acids is 2. The van der Waals surface area contributed by atoms with Crippen molar-refractivity contribution in [2.24, 2.45) is 11.8 Å². The second kappa shape index (κ2) is 12.1. The fraction of sp³-hybridized carbons (Fsp3) is 0.560. The van der Waals surface area contributed by atoms with E-state index in [1.165, 1.54) is 12.8 Å². The Morgan fingerprint density at radius 3 is 2.34 bits per heavy atom. The number of nitrogens with one attached hydrogen (secondary N) is 2. The monoisotopic (exact) mass is 524 g/mol. The van der Waals surface area contributed by atoms with Crippen molar-refractivity contribution >= 4 is 52.7 Å². The summed E-state index contributed by atoms with van der Waals surface area (Å²) in [6.45, 7) is 3.57. The lowest BCUT2D eigenvalue weighted by molar-refractivity contribution is -0.138. The van der Waals surface area contributed by atoms with Crippen LogP contribution < -0.4 is 5.32 Å². The van der Waals surface area contributed by atoms with Crippen LogP contribution in [0.4, 0.5) is 0 Å². The van der Waals surface area contributed by atoms with Gasteiger partial charge >= 0.3 is 5.97 Å². The van der Waals surface area contributed by atoms with E-state index in [2.05, 4.69) is 22.2 Å². The van der Waals surface area contributed by atoms with Crippen LogP contribution in [0.15, 0.2) is 24.3 Å². The van der Waals surface area contributed by atoms with E-state index < -0.39 is 17.9 Å². The molecule has 2 aliphatic rings. The minimum absolute atomic E-state index is 0. The predicted molar refractivity (Wildman–Crippen MR) is 138 cm³/mol. The lowest BCUT2D eigenvalue weighted by Gasteiger charge is -2.40. The summed E-state index contributed by atoms with van der Waals surface area (Å²) in [5.74, 6) is -0.282. The van der Waals surface area contributed by atoms with Gasteiger partial charge in [-0.2, -0.15) is 0 Å². The number of fused-ring (bicyclic) bond motifs is 1. The first-order valence-corrected chi connectivity index (χ1v) is 12.5. The molecule has 2 fully saturated rings. The van der Waals surface area contributed by atoms with Crippen LogP contribution in [-0.4, -0.2) is 76.9 Å². The van der Waals surface area contributed by atoms with Crippen LogP contribution in [0.3, 0.4) is 0 Å². The number of likely N-dealkylation sites (tertiary alicyclic amines) is 2. The lowest BCUT2D eigenvalue weighted by atomic mass is 9.79. The number of aliphatic carboxylic acids is 1. The van der Waals surface area contributed by atoms with Crippen molar-refractivity contribution in [1.29, 1.82) is 0 Å². The van der Waals surface area contributed by atoms with Crippen molar-refractivity contribution < 1.29 is 19.5 Å². The summed E-state index contributed by atoms with van der Waals surface area (Å²) in [4.78, 5) is 44.6. The first kappa shape index (κ1) is 27.3. The Balaban J connectivity index is 0.00000342. The summed E-state index contributed by atoms with van der Waals surface area (Å²) >= 11 is 6.03. The Kier molecular flexibility index (Phi) is 9.44. The summed E-state index contributed by atoms with van der Waals surface area (Å²) in [6, 6.07) is 6.08. The highest BCUT2D eigenvalue weighted by Crippen LogP contribution is 2.32. The van der Waals surface area contributed by atoms with Crippen LogP contribution in [0, 0.1) is 11.8 Å². The molecule has 0 radical (unpaired) electrons. The minimum Gasteiger partial charge on any atom is -0.481 e. The van der Waals surface area contributed by atoms with E-state index in [-0.39, 0.29) is 31.2 Å². The third-order valence-corrected chi connectivity index (χ3v) is 7.59. The fourth-order valence-corrected chi connectivity index (χ4v) is 5.48. The molecular formula is C25H34Cl2N4O4. The number of carbonyl (C=O) groups is 3. The number of aromatic amines is 1. The fourth-order valence-electron chi connectivity index (χ4n) is 5.30. The van der Waals surface area contributed by atoms with Crippen molar-refractivity contribution in [3.05, 3.63) is 35.0 Å². The van der Waals surface area contributed by atoms with Gasteiger partial charge in [0.25, 0.3) is 5.91 Å². The average Bonchev–Trinajstić information content (AvgIpc) is 3.25. The second-order valence-corrected chi connectivity index (χ2v) is 10.1. The smallest absolute Gasteiger partial charge is 0.303 e. The maximum atomic E-state index is 13.3. The zero-order chi connectivity index (χ0) is 24.2. The number of piperidine rings is 2. The SMILES string of the molecule is CN1CCC(C2CCN(C(=O)[C@@H](CCC(=O)O)NC(=O)c3cc4cc(Cl)ccc4[nH]3)CC2)CC1.Cl. The number of H-pyrrole nitrogens is 1. The van der Waals surface area contributed by atoms with Gasteiger partial charge in [-0.25, -0.2) is 0 Å². The van der Waals surface area contributed by atoms with Crippen LogP contribution in [0.2, 0.25) is 5.02 Å². The molecule has 35 heavy (non-hydrogen) atoms. The average molecular weight is 525 g/mol. The number of halogens is 2. The highest BCUT2D eigenvalue weighted by Gasteiger charge is 2.33. The van der Waals surface area contributed by atoms with Gasteiger partial charge in [0.15, 0.2) is 0 Å². The molecule has 1 atom stereocenters. The number of rotatable bonds is 7. The molecule has 2 aliphatic heterocycles. The predicted octanol–water partition coefficient (Wildman–Crippen LogP) is 3.79. The second-order valence-electron chi connectivity index (χ2n) is 9.68. The molecule has 0 aliphatic carbocycles. The molecule has 2 aromatic rings. The molecule has 4 rings (SSSR count). The molecule has 10 heteroatoms. The molecule has 2 saturated heterocycles. The molecule has 1 aromatic heterocycles. The Morgan fingerprint density at radius 2 is 1.71 bits per heavy atom. The topological polar surface area (TPSA) is 106 Å². The number of carboxylic acid groups (broad SMARTS) is 1. The van der Waals surface area contributed by atoms with Gasteiger partial charge in [-0.05, 0) is 88.3 Å². The molecule has 192 valence electrons. The molecule has 0 bridgehead atoms. The number of amides is 2. The third kappa shape index (κ3) is 6.90. The number of carboxylic acids is 1. The lowest BCUT2D eigenvalue weighted by Crippen LogP contribution is -2.51. The Hall–Kier alpha value is -2.29. The normalized spacial score (nSPS) is 18.7. The minimum atomic E-state index is -0.992. The van der Waals surface area contributed by atoms with Gasteiger partial charge < -0.3 is 25.2 Å². The molecule has 8 nitrogen and oxygen atoms in total. The number of hydrogen-bond donors (Lipinski definition) is 3. The van der Waals surface area contributed by atoms with Gasteiger partial charge in [-0.15, -0.1) is 12.4 Å². The third-order valence-electron chi connectivity index (χ3n) is 7.36. The van der Waals surface area contributed by atoms with E-state index in [4.69, 9.17) is 16.7 Å². The van der Waals surface area contributed by atoms with E-state index in [0.717, 1.165) is 36.8 Å². The number of aromatic nitrogens is 1. The van der Waals surface area contributed by atoms with E-state index >= 15 is 0 Å². The summed E-state index contributed by atoms with van der Waals surface area (Å²) < 4.78 is 0. The molecule has 3 heterocycles. The Labute approximate surface area is 216 Å². The van der Waals surface area contributed by atoms with E-state index in [0.29, 0.717) is 35.6 Å². The zero-order valence-electron chi connectivity index (χ0n) is 20.0. The number of nitrogens with zero attached hydrogens (tertiary/aromatic N) is 2.